The summed E-state index contributed by atoms with van der Waals surface area (Å²) in [6, 6.07) is 3.42. The van der Waals surface area contributed by atoms with Gasteiger partial charge in [-0.05, 0) is 17.7 Å². The molecule has 0 saturated carbocycles. The summed E-state index contributed by atoms with van der Waals surface area (Å²) in [5.74, 6) is 0. The maximum Gasteiger partial charge on any atom is 0.417 e. The van der Waals surface area contributed by atoms with Crippen LogP contribution in [0.25, 0.3) is 0 Å². The Labute approximate surface area is 83.5 Å². The van der Waals surface area contributed by atoms with Crippen LogP contribution in [0.2, 0.25) is 5.02 Å². The Kier molecular flexibility index (Phi) is 3.16. The van der Waals surface area contributed by atoms with E-state index in [0.29, 0.717) is 11.8 Å². The lowest BCUT2D eigenvalue weighted by atomic mass is 10.1. The summed E-state index contributed by atoms with van der Waals surface area (Å²) in [6.07, 6.45) is -3.97. The molecule has 76 valence electrons. The topological polar surface area (TPSA) is 17.1 Å². The van der Waals surface area contributed by atoms with Crippen LogP contribution >= 0.6 is 11.6 Å². The van der Waals surface area contributed by atoms with Crippen molar-refractivity contribution < 1.29 is 18.0 Å². The van der Waals surface area contributed by atoms with E-state index < -0.39 is 11.7 Å². The molecule has 0 aromatic heterocycles. The Bertz CT molecular complexity index is 346. The van der Waals surface area contributed by atoms with Crippen LogP contribution in [0.1, 0.15) is 11.1 Å². The van der Waals surface area contributed by atoms with E-state index in [0.717, 1.165) is 12.1 Å². The fourth-order valence-electron chi connectivity index (χ4n) is 1.01. The van der Waals surface area contributed by atoms with Crippen molar-refractivity contribution in [2.75, 3.05) is 0 Å². The standard InChI is InChI=1S/C9H6ClF3O/c10-8-2-1-6(3-4-14)5-7(8)9(11,12)13/h1-2,4-5H,3H2. The highest BCUT2D eigenvalue weighted by Crippen LogP contribution is 2.35. The third kappa shape index (κ3) is 2.48. The van der Waals surface area contributed by atoms with Gasteiger partial charge in [-0.3, -0.25) is 0 Å². The van der Waals surface area contributed by atoms with Gasteiger partial charge in [0, 0.05) is 6.42 Å². The van der Waals surface area contributed by atoms with Crippen LogP contribution in [0.15, 0.2) is 18.2 Å². The molecule has 0 radical (unpaired) electrons. The average molecular weight is 223 g/mol. The second kappa shape index (κ2) is 4.00. The van der Waals surface area contributed by atoms with Gasteiger partial charge >= 0.3 is 6.18 Å². The highest BCUT2D eigenvalue weighted by Gasteiger charge is 2.33. The number of benzene rings is 1. The van der Waals surface area contributed by atoms with E-state index in [1.165, 1.54) is 6.07 Å². The second-order valence-electron chi connectivity index (χ2n) is 2.68. The SMILES string of the molecule is O=CCc1ccc(Cl)c(C(F)(F)F)c1. The van der Waals surface area contributed by atoms with Crippen LogP contribution < -0.4 is 0 Å². The van der Waals surface area contributed by atoms with Gasteiger partial charge in [0.2, 0.25) is 0 Å². The lowest BCUT2D eigenvalue weighted by molar-refractivity contribution is -0.137. The number of hydrogen-bond acceptors (Lipinski definition) is 1. The Hall–Kier alpha value is -1.03. The fourth-order valence-corrected chi connectivity index (χ4v) is 1.24. The first-order valence-electron chi connectivity index (χ1n) is 3.74. The number of carbonyl (C=O) groups is 1. The second-order valence-corrected chi connectivity index (χ2v) is 3.09. The average Bonchev–Trinajstić information content (AvgIpc) is 2.07. The van der Waals surface area contributed by atoms with E-state index in [1.807, 2.05) is 0 Å². The van der Waals surface area contributed by atoms with Crippen molar-refractivity contribution in [1.29, 1.82) is 0 Å². The molecule has 1 aromatic carbocycles. The number of rotatable bonds is 2. The predicted octanol–water partition coefficient (Wildman–Crippen LogP) is 3.10. The third-order valence-corrected chi connectivity index (χ3v) is 1.98. The van der Waals surface area contributed by atoms with E-state index in [1.54, 1.807) is 0 Å². The molecule has 0 spiro atoms. The van der Waals surface area contributed by atoms with Crippen molar-refractivity contribution in [3.63, 3.8) is 0 Å². The molecule has 1 aromatic rings. The van der Waals surface area contributed by atoms with Crippen molar-refractivity contribution in [2.45, 2.75) is 12.6 Å². The molecule has 0 amide bonds. The van der Waals surface area contributed by atoms with E-state index in [-0.39, 0.29) is 11.4 Å². The summed E-state index contributed by atoms with van der Waals surface area (Å²) in [5, 5.41) is -0.354. The van der Waals surface area contributed by atoms with Gasteiger partial charge in [-0.2, -0.15) is 13.2 Å². The molecule has 0 saturated heterocycles. The summed E-state index contributed by atoms with van der Waals surface area (Å²) in [4.78, 5) is 10.1. The summed E-state index contributed by atoms with van der Waals surface area (Å²) in [5.41, 5.74) is -0.602. The Morgan fingerprint density at radius 2 is 2.00 bits per heavy atom. The lowest BCUT2D eigenvalue weighted by Gasteiger charge is -2.09. The van der Waals surface area contributed by atoms with Crippen LogP contribution in [0, 0.1) is 0 Å². The maximum atomic E-state index is 12.3. The molecule has 5 heteroatoms. The minimum Gasteiger partial charge on any atom is -0.303 e. The first-order chi connectivity index (χ1) is 6.45. The molecule has 1 nitrogen and oxygen atoms in total. The van der Waals surface area contributed by atoms with Gasteiger partial charge < -0.3 is 4.79 Å². The predicted molar refractivity (Wildman–Crippen MR) is 46.2 cm³/mol. The van der Waals surface area contributed by atoms with Crippen molar-refractivity contribution >= 4 is 17.9 Å². The number of hydrogen-bond donors (Lipinski definition) is 0. The van der Waals surface area contributed by atoms with Crippen molar-refractivity contribution in [2.24, 2.45) is 0 Å². The molecule has 0 atom stereocenters. The van der Waals surface area contributed by atoms with Crippen LogP contribution in [-0.2, 0) is 17.4 Å². The van der Waals surface area contributed by atoms with Crippen molar-refractivity contribution in [1.82, 2.24) is 0 Å². The van der Waals surface area contributed by atoms with Crippen LogP contribution in [-0.4, -0.2) is 6.29 Å². The van der Waals surface area contributed by atoms with Gasteiger partial charge in [0.15, 0.2) is 0 Å². The zero-order valence-corrected chi connectivity index (χ0v) is 7.69. The molecule has 0 N–H and O–H groups in total. The molecule has 0 unspecified atom stereocenters. The number of halogens is 4. The van der Waals surface area contributed by atoms with Gasteiger partial charge in [0.05, 0.1) is 10.6 Å². The molecule has 0 bridgehead atoms. The number of alkyl halides is 3. The van der Waals surface area contributed by atoms with E-state index in [4.69, 9.17) is 11.6 Å². The number of carbonyl (C=O) groups excluding carboxylic acids is 1. The smallest absolute Gasteiger partial charge is 0.303 e. The molecule has 0 aliphatic rings. The maximum absolute atomic E-state index is 12.3. The van der Waals surface area contributed by atoms with Crippen LogP contribution in [0.3, 0.4) is 0 Å². The van der Waals surface area contributed by atoms with Gasteiger partial charge in [0.25, 0.3) is 0 Å². The molecule has 14 heavy (non-hydrogen) atoms. The molecule has 0 aliphatic heterocycles. The van der Waals surface area contributed by atoms with Gasteiger partial charge in [0.1, 0.15) is 6.29 Å². The van der Waals surface area contributed by atoms with E-state index >= 15 is 0 Å². The van der Waals surface area contributed by atoms with E-state index in [2.05, 4.69) is 0 Å². The summed E-state index contributed by atoms with van der Waals surface area (Å²) in [6.45, 7) is 0. The Morgan fingerprint density at radius 1 is 1.36 bits per heavy atom. The quantitative estimate of drug-likeness (QED) is 0.703. The summed E-state index contributed by atoms with van der Waals surface area (Å²) >= 11 is 5.37. The normalized spacial score (nSPS) is 11.4. The minimum absolute atomic E-state index is 0.0414. The Morgan fingerprint density at radius 3 is 2.50 bits per heavy atom. The largest absolute Gasteiger partial charge is 0.417 e. The lowest BCUT2D eigenvalue weighted by Crippen LogP contribution is -2.06. The van der Waals surface area contributed by atoms with Crippen molar-refractivity contribution in [3.8, 4) is 0 Å². The fraction of sp³-hybridized carbons (Fsp3) is 0.222. The first-order valence-corrected chi connectivity index (χ1v) is 4.12. The van der Waals surface area contributed by atoms with Gasteiger partial charge in [-0.25, -0.2) is 0 Å². The summed E-state index contributed by atoms with van der Waals surface area (Å²) < 4.78 is 36.9. The van der Waals surface area contributed by atoms with Crippen molar-refractivity contribution in [3.05, 3.63) is 34.3 Å². The molecular formula is C9H6ClF3O. The third-order valence-electron chi connectivity index (χ3n) is 1.66. The molecule has 1 rings (SSSR count). The zero-order valence-electron chi connectivity index (χ0n) is 6.94. The van der Waals surface area contributed by atoms with Crippen LogP contribution in [0.4, 0.5) is 13.2 Å². The van der Waals surface area contributed by atoms with Gasteiger partial charge in [-0.15, -0.1) is 0 Å². The monoisotopic (exact) mass is 222 g/mol. The minimum atomic E-state index is -4.48. The first kappa shape index (κ1) is 11.0. The highest BCUT2D eigenvalue weighted by atomic mass is 35.5. The zero-order chi connectivity index (χ0) is 10.8. The number of aldehydes is 1. The van der Waals surface area contributed by atoms with Crippen LogP contribution in [0.5, 0.6) is 0 Å². The van der Waals surface area contributed by atoms with E-state index in [9.17, 15) is 18.0 Å². The molecule has 0 aliphatic carbocycles. The summed E-state index contributed by atoms with van der Waals surface area (Å²) in [7, 11) is 0. The molecule has 0 heterocycles. The Balaban J connectivity index is 3.15. The highest BCUT2D eigenvalue weighted by molar-refractivity contribution is 6.31. The van der Waals surface area contributed by atoms with Gasteiger partial charge in [-0.1, -0.05) is 17.7 Å². The molecule has 0 fully saturated rings. The molecular weight excluding hydrogens is 217 g/mol.